The number of hydrogen-bond donors (Lipinski definition) is 0. The summed E-state index contributed by atoms with van der Waals surface area (Å²) < 4.78 is 0. The van der Waals surface area contributed by atoms with Crippen molar-refractivity contribution in [1.29, 1.82) is 0 Å². The SMILES string of the molecule is C=NC(=O)C1CC(C)N1C. The zero-order valence-electron chi connectivity index (χ0n) is 6.37. The molecule has 3 heteroatoms. The van der Waals surface area contributed by atoms with E-state index in [9.17, 15) is 4.79 Å². The highest BCUT2D eigenvalue weighted by atomic mass is 16.1. The van der Waals surface area contributed by atoms with Crippen molar-refractivity contribution in [3.63, 3.8) is 0 Å². The molecule has 1 aliphatic heterocycles. The Bertz CT molecular complexity index is 167. The lowest BCUT2D eigenvalue weighted by Crippen LogP contribution is -2.55. The van der Waals surface area contributed by atoms with Crippen molar-refractivity contribution < 1.29 is 4.79 Å². The Morgan fingerprint density at radius 3 is 2.70 bits per heavy atom. The van der Waals surface area contributed by atoms with E-state index in [-0.39, 0.29) is 11.9 Å². The number of rotatable bonds is 1. The van der Waals surface area contributed by atoms with Crippen molar-refractivity contribution >= 4 is 12.6 Å². The summed E-state index contributed by atoms with van der Waals surface area (Å²) in [5.74, 6) is -0.0967. The standard InChI is InChI=1S/C7H12N2O/c1-5-4-6(9(5)3)7(10)8-2/h5-6H,2,4H2,1,3H3. The molecule has 0 aliphatic carbocycles. The Labute approximate surface area is 60.7 Å². The van der Waals surface area contributed by atoms with Crippen LogP contribution >= 0.6 is 0 Å². The molecule has 0 spiro atoms. The molecule has 2 atom stereocenters. The Morgan fingerprint density at radius 2 is 2.40 bits per heavy atom. The van der Waals surface area contributed by atoms with Gasteiger partial charge in [-0.1, -0.05) is 0 Å². The van der Waals surface area contributed by atoms with Crippen molar-refractivity contribution in [1.82, 2.24) is 4.90 Å². The summed E-state index contributed by atoms with van der Waals surface area (Å²) in [6.07, 6.45) is 0.925. The average Bonchev–Trinajstić information content (AvgIpc) is 1.98. The maximum atomic E-state index is 10.9. The van der Waals surface area contributed by atoms with Crippen LogP contribution in [0.5, 0.6) is 0 Å². The van der Waals surface area contributed by atoms with Gasteiger partial charge in [-0.2, -0.15) is 0 Å². The molecule has 3 nitrogen and oxygen atoms in total. The van der Waals surface area contributed by atoms with Crippen molar-refractivity contribution in [2.75, 3.05) is 7.05 Å². The summed E-state index contributed by atoms with van der Waals surface area (Å²) in [6.45, 7) is 5.29. The summed E-state index contributed by atoms with van der Waals surface area (Å²) in [6, 6.07) is 0.531. The number of amides is 1. The van der Waals surface area contributed by atoms with E-state index in [0.717, 1.165) is 6.42 Å². The van der Waals surface area contributed by atoms with Gasteiger partial charge in [-0.15, -0.1) is 0 Å². The Kier molecular flexibility index (Phi) is 1.85. The third-order valence-electron chi connectivity index (χ3n) is 2.19. The topological polar surface area (TPSA) is 32.7 Å². The predicted octanol–water partition coefficient (Wildman–Crippen LogP) is 0.306. The minimum Gasteiger partial charge on any atom is -0.292 e. The van der Waals surface area contributed by atoms with Crippen LogP contribution in [0.1, 0.15) is 13.3 Å². The van der Waals surface area contributed by atoms with E-state index in [4.69, 9.17) is 0 Å². The van der Waals surface area contributed by atoms with Gasteiger partial charge in [0.2, 0.25) is 0 Å². The molecule has 0 saturated carbocycles. The predicted molar refractivity (Wildman–Crippen MR) is 40.2 cm³/mol. The average molecular weight is 140 g/mol. The molecule has 1 fully saturated rings. The van der Waals surface area contributed by atoms with Crippen LogP contribution in [-0.4, -0.2) is 36.7 Å². The number of carbonyl (C=O) groups excluding carboxylic acids is 1. The van der Waals surface area contributed by atoms with Crippen LogP contribution < -0.4 is 0 Å². The molecule has 10 heavy (non-hydrogen) atoms. The summed E-state index contributed by atoms with van der Waals surface area (Å²) in [5.41, 5.74) is 0. The number of carbonyl (C=O) groups is 1. The lowest BCUT2D eigenvalue weighted by Gasteiger charge is -2.42. The van der Waals surface area contributed by atoms with E-state index in [1.807, 2.05) is 11.9 Å². The second kappa shape index (κ2) is 2.50. The first kappa shape index (κ1) is 7.41. The lowest BCUT2D eigenvalue weighted by molar-refractivity contribution is -0.128. The fourth-order valence-electron chi connectivity index (χ4n) is 1.21. The fourth-order valence-corrected chi connectivity index (χ4v) is 1.21. The molecule has 0 radical (unpaired) electrons. The second-order valence-corrected chi connectivity index (χ2v) is 2.76. The van der Waals surface area contributed by atoms with Gasteiger partial charge in [-0.3, -0.25) is 9.69 Å². The monoisotopic (exact) mass is 140 g/mol. The van der Waals surface area contributed by atoms with Crippen LogP contribution in [0.3, 0.4) is 0 Å². The molecule has 1 amide bonds. The van der Waals surface area contributed by atoms with Crippen molar-refractivity contribution in [2.45, 2.75) is 25.4 Å². The van der Waals surface area contributed by atoms with Crippen molar-refractivity contribution in [3.8, 4) is 0 Å². The number of nitrogens with zero attached hydrogens (tertiary/aromatic N) is 2. The van der Waals surface area contributed by atoms with Gasteiger partial charge < -0.3 is 0 Å². The molecule has 1 heterocycles. The summed E-state index contributed by atoms with van der Waals surface area (Å²) in [5, 5.41) is 0. The van der Waals surface area contributed by atoms with E-state index in [1.165, 1.54) is 0 Å². The van der Waals surface area contributed by atoms with E-state index in [1.54, 1.807) is 0 Å². The van der Waals surface area contributed by atoms with Gasteiger partial charge in [0, 0.05) is 6.04 Å². The maximum Gasteiger partial charge on any atom is 0.262 e. The highest BCUT2D eigenvalue weighted by molar-refractivity contribution is 5.86. The molecule has 2 unspecified atom stereocenters. The molecule has 1 rings (SSSR count). The zero-order valence-corrected chi connectivity index (χ0v) is 6.37. The second-order valence-electron chi connectivity index (χ2n) is 2.76. The first-order valence-electron chi connectivity index (χ1n) is 3.39. The Morgan fingerprint density at radius 1 is 1.80 bits per heavy atom. The van der Waals surface area contributed by atoms with Gasteiger partial charge in [0.1, 0.15) is 0 Å². The smallest absolute Gasteiger partial charge is 0.262 e. The van der Waals surface area contributed by atoms with E-state index in [2.05, 4.69) is 18.6 Å². The minimum absolute atomic E-state index is 0.00694. The van der Waals surface area contributed by atoms with Gasteiger partial charge in [0.05, 0.1) is 6.04 Å². The van der Waals surface area contributed by atoms with Gasteiger partial charge >= 0.3 is 0 Å². The number of likely N-dealkylation sites (tertiary alicyclic amines) is 1. The Balaban J connectivity index is 2.47. The van der Waals surface area contributed by atoms with Crippen molar-refractivity contribution in [2.24, 2.45) is 4.99 Å². The normalized spacial score (nSPS) is 33.0. The van der Waals surface area contributed by atoms with Crippen LogP contribution in [-0.2, 0) is 4.79 Å². The number of aliphatic imine (C=N–C) groups is 1. The molecular weight excluding hydrogens is 128 g/mol. The van der Waals surface area contributed by atoms with Gasteiger partial charge in [0.25, 0.3) is 5.91 Å². The molecule has 0 aromatic rings. The summed E-state index contributed by atoms with van der Waals surface area (Å²) in [7, 11) is 1.93. The zero-order chi connectivity index (χ0) is 7.72. The number of hydrogen-bond acceptors (Lipinski definition) is 2. The van der Waals surface area contributed by atoms with E-state index in [0.29, 0.717) is 6.04 Å². The first-order valence-corrected chi connectivity index (χ1v) is 3.39. The Hall–Kier alpha value is -0.700. The molecule has 56 valence electrons. The molecule has 0 aromatic carbocycles. The van der Waals surface area contributed by atoms with Gasteiger partial charge in [-0.25, -0.2) is 4.99 Å². The lowest BCUT2D eigenvalue weighted by atomic mass is 9.95. The minimum atomic E-state index is -0.0967. The summed E-state index contributed by atoms with van der Waals surface area (Å²) in [4.78, 5) is 16.3. The van der Waals surface area contributed by atoms with Crippen molar-refractivity contribution in [3.05, 3.63) is 0 Å². The molecule has 0 aromatic heterocycles. The van der Waals surface area contributed by atoms with Crippen LogP contribution in [0.4, 0.5) is 0 Å². The molecule has 0 bridgehead atoms. The van der Waals surface area contributed by atoms with Crippen LogP contribution in [0.15, 0.2) is 4.99 Å². The third-order valence-corrected chi connectivity index (χ3v) is 2.19. The van der Waals surface area contributed by atoms with E-state index >= 15 is 0 Å². The molecule has 0 N–H and O–H groups in total. The van der Waals surface area contributed by atoms with Crippen LogP contribution in [0.2, 0.25) is 0 Å². The maximum absolute atomic E-state index is 10.9. The van der Waals surface area contributed by atoms with Crippen LogP contribution in [0.25, 0.3) is 0 Å². The van der Waals surface area contributed by atoms with E-state index < -0.39 is 0 Å². The first-order chi connectivity index (χ1) is 4.66. The quantitative estimate of drug-likeness (QED) is 0.491. The fraction of sp³-hybridized carbons (Fsp3) is 0.714. The van der Waals surface area contributed by atoms with Gasteiger partial charge in [0.15, 0.2) is 0 Å². The molecule has 1 aliphatic rings. The third kappa shape index (κ3) is 0.968. The molecular formula is C7H12N2O. The highest BCUT2D eigenvalue weighted by Crippen LogP contribution is 2.23. The van der Waals surface area contributed by atoms with Gasteiger partial charge in [-0.05, 0) is 27.1 Å². The summed E-state index contributed by atoms with van der Waals surface area (Å²) >= 11 is 0. The van der Waals surface area contributed by atoms with Crippen LogP contribution in [0, 0.1) is 0 Å². The number of likely N-dealkylation sites (N-methyl/N-ethyl adjacent to an activating group) is 1. The highest BCUT2D eigenvalue weighted by Gasteiger charge is 2.36. The molecule has 1 saturated heterocycles. The largest absolute Gasteiger partial charge is 0.292 e.